The van der Waals surface area contributed by atoms with Crippen LogP contribution in [0.2, 0.25) is 0 Å². The predicted molar refractivity (Wildman–Crippen MR) is 139 cm³/mol. The Balaban J connectivity index is 1.28. The first-order valence-corrected chi connectivity index (χ1v) is 12.8. The molecule has 37 heavy (non-hydrogen) atoms. The first-order valence-electron chi connectivity index (χ1n) is 12.8. The molecule has 204 valence electrons. The third kappa shape index (κ3) is 9.11. The van der Waals surface area contributed by atoms with Gasteiger partial charge in [-0.2, -0.15) is 10.2 Å². The Morgan fingerprint density at radius 2 is 1.51 bits per heavy atom. The second kappa shape index (κ2) is 15.7. The summed E-state index contributed by atoms with van der Waals surface area (Å²) in [5.41, 5.74) is 2.72. The number of anilines is 1. The van der Waals surface area contributed by atoms with Crippen molar-refractivity contribution in [2.45, 2.75) is 56.9 Å². The summed E-state index contributed by atoms with van der Waals surface area (Å²) in [7, 11) is 0. The van der Waals surface area contributed by atoms with E-state index in [1.54, 1.807) is 0 Å². The number of hydrogen-bond acceptors (Lipinski definition) is 10. The largest absolute Gasteiger partial charge is 0.394 e. The molecule has 0 bridgehead atoms. The maximum atomic E-state index is 10.1. The lowest BCUT2D eigenvalue weighted by Crippen LogP contribution is -2.59. The van der Waals surface area contributed by atoms with Crippen molar-refractivity contribution in [1.82, 2.24) is 0 Å². The lowest BCUT2D eigenvalue weighted by atomic mass is 9.99. The zero-order valence-corrected chi connectivity index (χ0v) is 21.3. The van der Waals surface area contributed by atoms with Crippen molar-refractivity contribution < 1.29 is 34.6 Å². The highest BCUT2D eigenvalue weighted by atomic mass is 16.6. The Hall–Kier alpha value is -2.44. The standard InChI is InChI=1S/C27H39N3O7/c1-2-30(22-13-11-21(12-14-22)29-28-20-9-5-3-6-10-20)15-18-35-16-7-4-8-17-36-26-24(32)23(19-31)37-27(34)25(26)33/h3,5-6,9-14,23-27,31-34H,2,4,7-8,15-19H2,1H3/b29-28+/t23?,24-,25?,26?,27-/m1/s1. The number of hydrogen-bond donors (Lipinski definition) is 4. The SMILES string of the molecule is CCN(CCOCCCCCOC1C(O)[C@H](O)OC(CO)[C@H]1O)c1ccc(/N=N/c2ccccc2)cc1. The summed E-state index contributed by atoms with van der Waals surface area (Å²) < 4.78 is 16.3. The zero-order chi connectivity index (χ0) is 26.5. The highest BCUT2D eigenvalue weighted by Crippen LogP contribution is 2.23. The van der Waals surface area contributed by atoms with Crippen LogP contribution < -0.4 is 4.90 Å². The maximum Gasteiger partial charge on any atom is 0.184 e. The smallest absolute Gasteiger partial charge is 0.184 e. The molecular weight excluding hydrogens is 478 g/mol. The predicted octanol–water partition coefficient (Wildman–Crippen LogP) is 2.93. The molecule has 2 aromatic carbocycles. The monoisotopic (exact) mass is 517 g/mol. The highest BCUT2D eigenvalue weighted by molar-refractivity contribution is 5.52. The highest BCUT2D eigenvalue weighted by Gasteiger charge is 2.44. The average Bonchev–Trinajstić information content (AvgIpc) is 2.93. The minimum absolute atomic E-state index is 0.314. The maximum absolute atomic E-state index is 10.1. The summed E-state index contributed by atoms with van der Waals surface area (Å²) in [5.74, 6) is 0. The van der Waals surface area contributed by atoms with E-state index >= 15 is 0 Å². The molecule has 0 amide bonds. The Kier molecular flexibility index (Phi) is 12.4. The Labute approximate surface area is 218 Å². The summed E-state index contributed by atoms with van der Waals surface area (Å²) in [6, 6.07) is 17.6. The minimum atomic E-state index is -1.50. The minimum Gasteiger partial charge on any atom is -0.394 e. The van der Waals surface area contributed by atoms with E-state index in [1.165, 1.54) is 0 Å². The van der Waals surface area contributed by atoms with E-state index < -0.39 is 37.3 Å². The fourth-order valence-corrected chi connectivity index (χ4v) is 4.05. The van der Waals surface area contributed by atoms with Gasteiger partial charge in [-0.15, -0.1) is 0 Å². The lowest BCUT2D eigenvalue weighted by molar-refractivity contribution is -0.294. The summed E-state index contributed by atoms with van der Waals surface area (Å²) in [6.45, 7) is 4.83. The summed E-state index contributed by atoms with van der Waals surface area (Å²) in [5, 5.41) is 47.5. The van der Waals surface area contributed by atoms with Crippen LogP contribution in [-0.2, 0) is 14.2 Å². The molecule has 0 spiro atoms. The molecule has 1 aliphatic heterocycles. The van der Waals surface area contributed by atoms with Crippen LogP contribution in [0.15, 0.2) is 64.8 Å². The van der Waals surface area contributed by atoms with E-state index in [1.807, 2.05) is 54.6 Å². The summed E-state index contributed by atoms with van der Waals surface area (Å²) in [4.78, 5) is 2.24. The van der Waals surface area contributed by atoms with Crippen molar-refractivity contribution in [2.24, 2.45) is 10.2 Å². The van der Waals surface area contributed by atoms with Gasteiger partial charge in [0.1, 0.15) is 24.4 Å². The van der Waals surface area contributed by atoms with Gasteiger partial charge in [0, 0.05) is 32.0 Å². The lowest BCUT2D eigenvalue weighted by Gasteiger charge is -2.39. The van der Waals surface area contributed by atoms with Gasteiger partial charge in [-0.05, 0) is 62.6 Å². The third-order valence-corrected chi connectivity index (χ3v) is 6.22. The van der Waals surface area contributed by atoms with Crippen LogP contribution in [0.1, 0.15) is 26.2 Å². The molecular formula is C27H39N3O7. The van der Waals surface area contributed by atoms with Gasteiger partial charge in [-0.3, -0.25) is 0 Å². The van der Waals surface area contributed by atoms with Gasteiger partial charge in [-0.25, -0.2) is 0 Å². The van der Waals surface area contributed by atoms with Gasteiger partial charge in [0.25, 0.3) is 0 Å². The zero-order valence-electron chi connectivity index (χ0n) is 21.3. The van der Waals surface area contributed by atoms with Crippen LogP contribution in [-0.4, -0.2) is 90.6 Å². The first kappa shape index (κ1) is 29.1. The molecule has 0 saturated carbocycles. The number of azo groups is 1. The fourth-order valence-electron chi connectivity index (χ4n) is 4.05. The van der Waals surface area contributed by atoms with Crippen molar-refractivity contribution in [3.8, 4) is 0 Å². The molecule has 2 aromatic rings. The average molecular weight is 518 g/mol. The van der Waals surface area contributed by atoms with Crippen molar-refractivity contribution in [1.29, 1.82) is 0 Å². The number of unbranched alkanes of at least 4 members (excludes halogenated alkanes) is 2. The molecule has 10 nitrogen and oxygen atoms in total. The molecule has 1 saturated heterocycles. The van der Waals surface area contributed by atoms with Gasteiger partial charge in [-0.1, -0.05) is 18.2 Å². The van der Waals surface area contributed by atoms with Gasteiger partial charge in [0.2, 0.25) is 0 Å². The molecule has 1 fully saturated rings. The van der Waals surface area contributed by atoms with Crippen molar-refractivity contribution in [2.75, 3.05) is 44.4 Å². The van der Waals surface area contributed by atoms with Gasteiger partial charge >= 0.3 is 0 Å². The molecule has 10 heteroatoms. The molecule has 5 atom stereocenters. The van der Waals surface area contributed by atoms with E-state index in [9.17, 15) is 20.4 Å². The molecule has 1 heterocycles. The van der Waals surface area contributed by atoms with E-state index in [0.717, 1.165) is 49.4 Å². The molecule has 0 radical (unpaired) electrons. The number of aliphatic hydroxyl groups is 4. The summed E-state index contributed by atoms with van der Waals surface area (Å²) in [6.07, 6.45) is -3.62. The summed E-state index contributed by atoms with van der Waals surface area (Å²) >= 11 is 0. The molecule has 4 N–H and O–H groups in total. The Morgan fingerprint density at radius 1 is 0.838 bits per heavy atom. The molecule has 3 unspecified atom stereocenters. The number of likely N-dealkylation sites (N-methyl/N-ethyl adjacent to an activating group) is 1. The first-order chi connectivity index (χ1) is 18.0. The van der Waals surface area contributed by atoms with E-state index in [-0.39, 0.29) is 0 Å². The van der Waals surface area contributed by atoms with E-state index in [0.29, 0.717) is 19.8 Å². The molecule has 1 aliphatic rings. The fraction of sp³-hybridized carbons (Fsp3) is 0.556. The van der Waals surface area contributed by atoms with Gasteiger partial charge < -0.3 is 39.5 Å². The van der Waals surface area contributed by atoms with Crippen LogP contribution >= 0.6 is 0 Å². The topological polar surface area (TPSA) is 137 Å². The van der Waals surface area contributed by atoms with Crippen molar-refractivity contribution in [3.05, 3.63) is 54.6 Å². The third-order valence-electron chi connectivity index (χ3n) is 6.22. The van der Waals surface area contributed by atoms with Crippen LogP contribution in [0.4, 0.5) is 17.1 Å². The number of benzene rings is 2. The van der Waals surface area contributed by atoms with Crippen LogP contribution in [0.5, 0.6) is 0 Å². The molecule has 3 rings (SSSR count). The number of ether oxygens (including phenoxy) is 3. The second-order valence-corrected chi connectivity index (χ2v) is 8.87. The molecule has 0 aliphatic carbocycles. The van der Waals surface area contributed by atoms with Crippen LogP contribution in [0.25, 0.3) is 0 Å². The van der Waals surface area contributed by atoms with Crippen LogP contribution in [0.3, 0.4) is 0 Å². The van der Waals surface area contributed by atoms with Crippen molar-refractivity contribution in [3.63, 3.8) is 0 Å². The van der Waals surface area contributed by atoms with Gasteiger partial charge in [0.05, 0.1) is 24.6 Å². The number of aliphatic hydroxyl groups excluding tert-OH is 4. The number of rotatable bonds is 15. The Bertz CT molecular complexity index is 916. The van der Waals surface area contributed by atoms with E-state index in [4.69, 9.17) is 14.2 Å². The van der Waals surface area contributed by atoms with Gasteiger partial charge in [0.15, 0.2) is 6.29 Å². The number of nitrogens with zero attached hydrogens (tertiary/aromatic N) is 3. The quantitative estimate of drug-likeness (QED) is 0.209. The van der Waals surface area contributed by atoms with E-state index in [2.05, 4.69) is 22.1 Å². The van der Waals surface area contributed by atoms with Crippen LogP contribution in [0, 0.1) is 0 Å². The second-order valence-electron chi connectivity index (χ2n) is 8.87. The van der Waals surface area contributed by atoms with Crippen molar-refractivity contribution >= 4 is 17.1 Å². The molecule has 0 aromatic heterocycles. The normalized spacial score (nSPS) is 24.0. The Morgan fingerprint density at radius 3 is 2.19 bits per heavy atom.